The van der Waals surface area contributed by atoms with E-state index in [4.69, 9.17) is 10.2 Å². The lowest BCUT2D eigenvalue weighted by molar-refractivity contribution is -0.123. The molecule has 0 aromatic heterocycles. The molecule has 0 bridgehead atoms. The molecule has 240 valence electrons. The van der Waals surface area contributed by atoms with Crippen LogP contribution >= 0.6 is 0 Å². The second kappa shape index (κ2) is 52.4. The van der Waals surface area contributed by atoms with Gasteiger partial charge in [0.15, 0.2) is 0 Å². The van der Waals surface area contributed by atoms with Crippen LogP contribution in [0.25, 0.3) is 0 Å². The van der Waals surface area contributed by atoms with Gasteiger partial charge in [-0.1, -0.05) is 0 Å². The van der Waals surface area contributed by atoms with Crippen LogP contribution in [0, 0.1) is 5.92 Å². The first-order valence-corrected chi connectivity index (χ1v) is 12.1. The molecule has 0 aliphatic carbocycles. The molecule has 11 heteroatoms. The van der Waals surface area contributed by atoms with Crippen molar-refractivity contribution in [2.24, 2.45) is 5.92 Å². The third kappa shape index (κ3) is 1640. The Morgan fingerprint density at radius 1 is 0.325 bits per heavy atom. The van der Waals surface area contributed by atoms with Gasteiger partial charge in [0, 0.05) is 0 Å². The molecule has 0 saturated carbocycles. The van der Waals surface area contributed by atoms with Gasteiger partial charge in [-0.2, -0.15) is 0 Å². The molecule has 0 atom stereocenters. The van der Waals surface area contributed by atoms with Crippen molar-refractivity contribution in [3.63, 3.8) is 0 Å². The first kappa shape index (κ1) is 61.1. The van der Waals surface area contributed by atoms with E-state index in [0.717, 1.165) is 0 Å². The smallest absolute Gasteiger partial charge is 0.137 e. The average molecular weight is 583 g/mol. The van der Waals surface area contributed by atoms with Crippen LogP contribution in [0.15, 0.2) is 0 Å². The number of hydrogen-bond acceptors (Lipinski definition) is 11. The summed E-state index contributed by atoms with van der Waals surface area (Å²) in [5.41, 5.74) is 0. The van der Waals surface area contributed by atoms with E-state index >= 15 is 0 Å². The molecule has 0 saturated heterocycles. The molecule has 40 heavy (non-hydrogen) atoms. The number of hydrogen-bond donors (Lipinski definition) is 2. The third-order valence-corrected chi connectivity index (χ3v) is 1.02. The van der Waals surface area contributed by atoms with Crippen molar-refractivity contribution in [2.45, 2.75) is 118 Å². The van der Waals surface area contributed by atoms with E-state index in [9.17, 15) is 43.2 Å². The Hall–Kier alpha value is -3.05. The van der Waals surface area contributed by atoms with Gasteiger partial charge in [0.2, 0.25) is 0 Å². The first-order chi connectivity index (χ1) is 17.6. The van der Waals surface area contributed by atoms with Crippen LogP contribution in [0.2, 0.25) is 0 Å². The Balaban J connectivity index is -0.0000000392. The lowest BCUT2D eigenvalue weighted by Gasteiger charge is -2.02. The van der Waals surface area contributed by atoms with E-state index in [2.05, 4.69) is 0 Å². The summed E-state index contributed by atoms with van der Waals surface area (Å²) >= 11 is 0. The lowest BCUT2D eigenvalue weighted by Crippen LogP contribution is -2.18. The zero-order chi connectivity index (χ0) is 35.2. The van der Waals surface area contributed by atoms with Crippen LogP contribution in [-0.2, 0) is 43.2 Å². The molecule has 0 rings (SSSR count). The van der Waals surface area contributed by atoms with Gasteiger partial charge in [0.25, 0.3) is 0 Å². The van der Waals surface area contributed by atoms with Gasteiger partial charge in [0.05, 0.1) is 19.1 Å². The Morgan fingerprint density at radius 3 is 0.400 bits per heavy atom. The normalized spacial score (nSPS) is 7.20. The average Bonchev–Trinajstić information content (AvgIpc) is 2.58. The summed E-state index contributed by atoms with van der Waals surface area (Å²) in [4.78, 5) is 85.8. The highest BCUT2D eigenvalue weighted by Gasteiger charge is 2.09. The molecule has 0 aliphatic rings. The fourth-order valence-corrected chi connectivity index (χ4v) is 0.315. The second-order valence-electron chi connectivity index (χ2n) is 8.94. The van der Waals surface area contributed by atoms with E-state index in [1.54, 1.807) is 0 Å². The molecule has 0 fully saturated rings. The minimum Gasteiger partial charge on any atom is -0.396 e. The number of Topliss-reactive ketones (excluding diaryl/α,β-unsaturated/α-hetero) is 9. The number of rotatable bonds is 3. The Kier molecular flexibility index (Phi) is 80.1. The fourth-order valence-electron chi connectivity index (χ4n) is 0.315. The summed E-state index contributed by atoms with van der Waals surface area (Å²) in [6, 6.07) is 0. The second-order valence-corrected chi connectivity index (χ2v) is 8.94. The summed E-state index contributed by atoms with van der Waals surface area (Å²) in [6.45, 7) is 25.3. The molecule has 0 amide bonds. The van der Waals surface area contributed by atoms with Gasteiger partial charge in [0.1, 0.15) is 52.0 Å². The predicted molar refractivity (Wildman–Crippen MR) is 159 cm³/mol. The van der Waals surface area contributed by atoms with Crippen molar-refractivity contribution in [3.8, 4) is 0 Å². The number of ketones is 9. The van der Waals surface area contributed by atoms with Crippen LogP contribution in [0.3, 0.4) is 0 Å². The highest BCUT2D eigenvalue weighted by molar-refractivity contribution is 5.78. The van der Waals surface area contributed by atoms with Crippen molar-refractivity contribution in [2.75, 3.05) is 13.2 Å². The van der Waals surface area contributed by atoms with Gasteiger partial charge < -0.3 is 48.6 Å². The fraction of sp³-hybridized carbons (Fsp3) is 0.690. The zero-order valence-corrected chi connectivity index (χ0v) is 28.1. The topological polar surface area (TPSA) is 194 Å². The zero-order valence-electron chi connectivity index (χ0n) is 28.1. The summed E-state index contributed by atoms with van der Waals surface area (Å²) in [5.74, 6) is 0.588. The van der Waals surface area contributed by atoms with E-state index in [-0.39, 0.29) is 65.3 Å². The number of aliphatic hydroxyl groups excluding tert-OH is 2. The van der Waals surface area contributed by atoms with Gasteiger partial charge in [-0.3, -0.25) is 4.79 Å². The number of aliphatic hydroxyl groups is 2. The van der Waals surface area contributed by atoms with Crippen LogP contribution in [0.4, 0.5) is 0 Å². The van der Waals surface area contributed by atoms with Crippen molar-refractivity contribution >= 4 is 52.0 Å². The van der Waals surface area contributed by atoms with Crippen molar-refractivity contribution < 1.29 is 53.4 Å². The summed E-state index contributed by atoms with van der Waals surface area (Å²) in [7, 11) is 0. The van der Waals surface area contributed by atoms with E-state index in [1.807, 2.05) is 0 Å². The Morgan fingerprint density at radius 2 is 0.400 bits per heavy atom. The minimum absolute atomic E-state index is 0.167. The highest BCUT2D eigenvalue weighted by atomic mass is 16.3. The molecule has 11 nitrogen and oxygen atoms in total. The van der Waals surface area contributed by atoms with E-state index < -0.39 is 5.92 Å². The quantitative estimate of drug-likeness (QED) is 0.489. The van der Waals surface area contributed by atoms with E-state index in [0.29, 0.717) is 0 Å². The van der Waals surface area contributed by atoms with Crippen molar-refractivity contribution in [1.29, 1.82) is 0 Å². The largest absolute Gasteiger partial charge is 0.396 e. The first-order valence-electron chi connectivity index (χ1n) is 12.1. The molecule has 0 aromatic carbocycles. The van der Waals surface area contributed by atoms with Gasteiger partial charge in [-0.05, 0) is 118 Å². The van der Waals surface area contributed by atoms with Crippen LogP contribution in [0.5, 0.6) is 0 Å². The molecular weight excluding hydrogens is 524 g/mol. The standard InChI is InChI=1S/C5H10O3.8C3H6O/c1-4(8)5(2-6)3-7;8*1-3(2)4/h5-7H,2-3H2,1H3;8*1-2H3. The van der Waals surface area contributed by atoms with Gasteiger partial charge >= 0.3 is 0 Å². The number of carbonyl (C=O) groups excluding carboxylic acids is 9. The maximum absolute atomic E-state index is 10.3. The minimum atomic E-state index is -0.574. The molecule has 0 aromatic rings. The molecular formula is C29H58O11. The molecule has 0 unspecified atom stereocenters. The third-order valence-electron chi connectivity index (χ3n) is 1.02. The van der Waals surface area contributed by atoms with Crippen LogP contribution < -0.4 is 0 Å². The molecule has 0 heterocycles. The lowest BCUT2D eigenvalue weighted by atomic mass is 10.1. The molecule has 2 N–H and O–H groups in total. The van der Waals surface area contributed by atoms with Crippen molar-refractivity contribution in [1.82, 2.24) is 0 Å². The SMILES string of the molecule is CC(=O)C(CO)CO.CC(C)=O.CC(C)=O.CC(C)=O.CC(C)=O.CC(C)=O.CC(C)=O.CC(C)=O.CC(C)=O. The molecule has 0 radical (unpaired) electrons. The predicted octanol–water partition coefficient (Wildman–Crippen LogP) is 3.94. The van der Waals surface area contributed by atoms with E-state index in [1.165, 1.54) is 118 Å². The maximum Gasteiger partial charge on any atom is 0.137 e. The Labute approximate surface area is 242 Å². The maximum atomic E-state index is 10.3. The van der Waals surface area contributed by atoms with Gasteiger partial charge in [-0.25, -0.2) is 0 Å². The summed E-state index contributed by atoms with van der Waals surface area (Å²) in [5, 5.41) is 16.6. The molecule has 0 aliphatic heterocycles. The Bertz CT molecular complexity index is 512. The molecule has 0 spiro atoms. The number of carbonyl (C=O) groups is 9. The van der Waals surface area contributed by atoms with Crippen molar-refractivity contribution in [3.05, 3.63) is 0 Å². The monoisotopic (exact) mass is 582 g/mol. The summed E-state index contributed by atoms with van der Waals surface area (Å²) in [6.07, 6.45) is 0. The van der Waals surface area contributed by atoms with Gasteiger partial charge in [-0.15, -0.1) is 0 Å². The summed E-state index contributed by atoms with van der Waals surface area (Å²) < 4.78 is 0. The highest BCUT2D eigenvalue weighted by Crippen LogP contribution is 1.92. The van der Waals surface area contributed by atoms with Crippen LogP contribution in [-0.4, -0.2) is 75.5 Å². The van der Waals surface area contributed by atoms with Crippen LogP contribution in [0.1, 0.15) is 118 Å².